The van der Waals surface area contributed by atoms with Gasteiger partial charge in [-0.2, -0.15) is 0 Å². The maximum atomic E-state index is 13.8. The number of hydrogen-bond acceptors (Lipinski definition) is 5. The average molecular weight is 468 g/mol. The van der Waals surface area contributed by atoms with Crippen LogP contribution in [-0.4, -0.2) is 59.5 Å². The summed E-state index contributed by atoms with van der Waals surface area (Å²) in [5.74, 6) is 1.93. The van der Waals surface area contributed by atoms with E-state index in [1.807, 2.05) is 18.5 Å². The zero-order chi connectivity index (χ0) is 19.8. The van der Waals surface area contributed by atoms with Crippen molar-refractivity contribution in [2.75, 3.05) is 44.7 Å². The first kappa shape index (κ1) is 24.2. The molecule has 5 rings (SSSR count). The fraction of sp³-hybridized carbons (Fsp3) is 0.565. The number of nitrogens with zero attached hydrogens (tertiary/aromatic N) is 5. The Kier molecular flexibility index (Phi) is 8.14. The Morgan fingerprint density at radius 2 is 1.74 bits per heavy atom. The Labute approximate surface area is 196 Å². The molecule has 0 saturated carbocycles. The van der Waals surface area contributed by atoms with Crippen LogP contribution < -0.4 is 4.90 Å². The third kappa shape index (κ3) is 5.14. The van der Waals surface area contributed by atoms with Crippen LogP contribution in [-0.2, 0) is 6.54 Å². The highest BCUT2D eigenvalue weighted by Crippen LogP contribution is 2.44. The number of benzene rings is 1. The van der Waals surface area contributed by atoms with Crippen LogP contribution in [0.2, 0.25) is 0 Å². The monoisotopic (exact) mass is 467 g/mol. The van der Waals surface area contributed by atoms with Crippen molar-refractivity contribution in [2.24, 2.45) is 11.8 Å². The van der Waals surface area contributed by atoms with Gasteiger partial charge in [0.2, 0.25) is 5.95 Å². The number of aromatic nitrogens is 2. The van der Waals surface area contributed by atoms with Crippen LogP contribution in [0.1, 0.15) is 36.4 Å². The lowest BCUT2D eigenvalue weighted by Crippen LogP contribution is -2.31. The van der Waals surface area contributed by atoms with Gasteiger partial charge in [0.05, 0.1) is 0 Å². The van der Waals surface area contributed by atoms with Crippen molar-refractivity contribution in [1.29, 1.82) is 0 Å². The van der Waals surface area contributed by atoms with Crippen molar-refractivity contribution >= 4 is 30.8 Å². The molecule has 170 valence electrons. The molecule has 2 aromatic rings. The molecule has 5 nitrogen and oxygen atoms in total. The summed E-state index contributed by atoms with van der Waals surface area (Å²) in [6.45, 7) is 6.26. The molecule has 0 bridgehead atoms. The van der Waals surface area contributed by atoms with E-state index in [1.54, 1.807) is 6.07 Å². The fourth-order valence-corrected chi connectivity index (χ4v) is 5.62. The van der Waals surface area contributed by atoms with E-state index in [4.69, 9.17) is 0 Å². The molecule has 31 heavy (non-hydrogen) atoms. The predicted octanol–water partition coefficient (Wildman–Crippen LogP) is 4.18. The molecule has 1 aromatic carbocycles. The van der Waals surface area contributed by atoms with Gasteiger partial charge in [0.25, 0.3) is 0 Å². The van der Waals surface area contributed by atoms with Crippen molar-refractivity contribution in [3.63, 3.8) is 0 Å². The molecule has 3 saturated heterocycles. The summed E-state index contributed by atoms with van der Waals surface area (Å²) in [6.07, 6.45) is 7.80. The Morgan fingerprint density at radius 3 is 2.45 bits per heavy atom. The first-order valence-electron chi connectivity index (χ1n) is 10.9. The van der Waals surface area contributed by atoms with Gasteiger partial charge in [0.15, 0.2) is 0 Å². The van der Waals surface area contributed by atoms with Crippen molar-refractivity contribution in [3.8, 4) is 0 Å². The van der Waals surface area contributed by atoms with E-state index in [-0.39, 0.29) is 30.6 Å². The van der Waals surface area contributed by atoms with Gasteiger partial charge < -0.3 is 4.90 Å². The number of anilines is 1. The zero-order valence-electron chi connectivity index (χ0n) is 18.0. The standard InChI is InChI=1S/C23H30FN5.2ClH/c1-27-14-19-15-28(16-21(19)22(27)18-6-5-7-20(24)10-18)13-17-11-25-23(26-12-17)29-8-3-2-4-9-29;;/h5-7,10-12,19,21-22H,2-4,8-9,13-16H2,1H3;2*1H/t19-,21+,22-;;/m0../s1. The van der Waals surface area contributed by atoms with Crippen LogP contribution in [0.5, 0.6) is 0 Å². The van der Waals surface area contributed by atoms with Gasteiger partial charge in [-0.1, -0.05) is 12.1 Å². The highest BCUT2D eigenvalue weighted by molar-refractivity contribution is 5.85. The van der Waals surface area contributed by atoms with Gasteiger partial charge in [-0.25, -0.2) is 14.4 Å². The minimum Gasteiger partial charge on any atom is -0.341 e. The van der Waals surface area contributed by atoms with E-state index in [0.717, 1.165) is 50.8 Å². The highest BCUT2D eigenvalue weighted by atomic mass is 35.5. The Bertz CT molecular complexity index is 846. The van der Waals surface area contributed by atoms with Crippen LogP contribution in [0.4, 0.5) is 10.3 Å². The second kappa shape index (κ2) is 10.4. The van der Waals surface area contributed by atoms with Crippen molar-refractivity contribution in [1.82, 2.24) is 19.8 Å². The van der Waals surface area contributed by atoms with E-state index in [2.05, 4.69) is 37.8 Å². The van der Waals surface area contributed by atoms with E-state index < -0.39 is 0 Å². The molecule has 0 unspecified atom stereocenters. The Balaban J connectivity index is 0.00000136. The van der Waals surface area contributed by atoms with Crippen LogP contribution in [0.15, 0.2) is 36.7 Å². The van der Waals surface area contributed by atoms with E-state index in [0.29, 0.717) is 17.9 Å². The molecular formula is C23H32Cl2FN5. The van der Waals surface area contributed by atoms with E-state index in [9.17, 15) is 4.39 Å². The summed E-state index contributed by atoms with van der Waals surface area (Å²) in [6, 6.07) is 7.45. The normalized spacial score (nSPS) is 26.3. The SMILES string of the molecule is CN1C[C@H]2CN(Cc3cnc(N4CCCCC4)nc3)C[C@H]2[C@@H]1c1cccc(F)c1.Cl.Cl. The van der Waals surface area contributed by atoms with Crippen LogP contribution >= 0.6 is 24.8 Å². The molecule has 1 aromatic heterocycles. The lowest BCUT2D eigenvalue weighted by atomic mass is 9.89. The molecule has 3 aliphatic heterocycles. The molecule has 0 amide bonds. The molecule has 0 aliphatic carbocycles. The van der Waals surface area contributed by atoms with Gasteiger partial charge in [-0.3, -0.25) is 9.80 Å². The van der Waals surface area contributed by atoms with Gasteiger partial charge in [0.1, 0.15) is 5.82 Å². The third-order valence-corrected chi connectivity index (χ3v) is 6.90. The van der Waals surface area contributed by atoms with Crippen molar-refractivity contribution in [2.45, 2.75) is 31.8 Å². The minimum absolute atomic E-state index is 0. The van der Waals surface area contributed by atoms with Crippen molar-refractivity contribution < 1.29 is 4.39 Å². The summed E-state index contributed by atoms with van der Waals surface area (Å²) in [7, 11) is 2.17. The second-order valence-corrected chi connectivity index (χ2v) is 9.00. The van der Waals surface area contributed by atoms with Crippen LogP contribution in [0.25, 0.3) is 0 Å². The third-order valence-electron chi connectivity index (χ3n) is 6.90. The lowest BCUT2D eigenvalue weighted by Gasteiger charge is -2.27. The predicted molar refractivity (Wildman–Crippen MR) is 127 cm³/mol. The summed E-state index contributed by atoms with van der Waals surface area (Å²) < 4.78 is 13.8. The number of likely N-dealkylation sites (tertiary alicyclic amines) is 2. The molecule has 8 heteroatoms. The first-order chi connectivity index (χ1) is 14.2. The smallest absolute Gasteiger partial charge is 0.225 e. The largest absolute Gasteiger partial charge is 0.341 e. The minimum atomic E-state index is -0.139. The fourth-order valence-electron chi connectivity index (χ4n) is 5.62. The molecule has 0 radical (unpaired) electrons. The van der Waals surface area contributed by atoms with Gasteiger partial charge in [-0.05, 0) is 55.8 Å². The van der Waals surface area contributed by atoms with Gasteiger partial charge in [-0.15, -0.1) is 24.8 Å². The number of rotatable bonds is 4. The molecule has 3 atom stereocenters. The summed E-state index contributed by atoms with van der Waals surface area (Å²) in [5.41, 5.74) is 2.29. The van der Waals surface area contributed by atoms with Crippen LogP contribution in [0, 0.1) is 17.7 Å². The average Bonchev–Trinajstić information content (AvgIpc) is 3.24. The quantitative estimate of drug-likeness (QED) is 0.673. The molecule has 4 heterocycles. The lowest BCUT2D eigenvalue weighted by molar-refractivity contribution is 0.224. The van der Waals surface area contributed by atoms with Crippen molar-refractivity contribution in [3.05, 3.63) is 53.6 Å². The molecular weight excluding hydrogens is 436 g/mol. The summed E-state index contributed by atoms with van der Waals surface area (Å²) in [4.78, 5) is 16.5. The zero-order valence-corrected chi connectivity index (χ0v) is 19.6. The maximum Gasteiger partial charge on any atom is 0.225 e. The maximum absolute atomic E-state index is 13.8. The number of piperidine rings is 1. The second-order valence-electron chi connectivity index (χ2n) is 9.00. The van der Waals surface area contributed by atoms with Gasteiger partial charge >= 0.3 is 0 Å². The van der Waals surface area contributed by atoms with Crippen LogP contribution in [0.3, 0.4) is 0 Å². The molecule has 0 spiro atoms. The Morgan fingerprint density at radius 1 is 1.00 bits per heavy atom. The molecule has 0 N–H and O–H groups in total. The topological polar surface area (TPSA) is 35.5 Å². The van der Waals surface area contributed by atoms with Gasteiger partial charge in [0, 0.05) is 63.3 Å². The first-order valence-corrected chi connectivity index (χ1v) is 10.9. The Hall–Kier alpha value is -1.47. The number of halogens is 3. The summed E-state index contributed by atoms with van der Waals surface area (Å²) >= 11 is 0. The highest BCUT2D eigenvalue weighted by Gasteiger charge is 2.46. The van der Waals surface area contributed by atoms with E-state index >= 15 is 0 Å². The summed E-state index contributed by atoms with van der Waals surface area (Å²) in [5, 5.41) is 0. The van der Waals surface area contributed by atoms with E-state index in [1.165, 1.54) is 30.9 Å². The number of fused-ring (bicyclic) bond motifs is 1. The molecule has 3 aliphatic rings. The molecule has 3 fully saturated rings. The number of hydrogen-bond donors (Lipinski definition) is 0.